The molecule has 9 unspecified atom stereocenters. The van der Waals surface area contributed by atoms with E-state index >= 15 is 0 Å². The molecule has 7 aliphatic rings. The first kappa shape index (κ1) is 39.5. The molecular formula is C37H56O13S. The Morgan fingerprint density at radius 3 is 1.73 bits per heavy atom. The van der Waals surface area contributed by atoms with E-state index in [0.29, 0.717) is 51.4 Å². The lowest BCUT2D eigenvalue weighted by Crippen LogP contribution is -2.45. The zero-order chi connectivity index (χ0) is 37.9. The normalized spacial score (nSPS) is 36.4. The molecule has 3 heterocycles. The van der Waals surface area contributed by atoms with Crippen LogP contribution in [-0.4, -0.2) is 81.1 Å². The lowest BCUT2D eigenvalue weighted by molar-refractivity contribution is -0.178. The fourth-order valence-corrected chi connectivity index (χ4v) is 10.6. The van der Waals surface area contributed by atoms with Crippen molar-refractivity contribution in [1.29, 1.82) is 0 Å². The number of esters is 5. The van der Waals surface area contributed by atoms with Crippen molar-refractivity contribution in [3.63, 3.8) is 0 Å². The van der Waals surface area contributed by atoms with Gasteiger partial charge in [0.15, 0.2) is 11.5 Å². The van der Waals surface area contributed by atoms with Crippen molar-refractivity contribution in [2.45, 2.75) is 124 Å². The number of carbonyl (C=O) groups is 5. The second-order valence-electron chi connectivity index (χ2n) is 19.2. The molecule has 0 aromatic heterocycles. The SMILES string of the molecule is CC(C)(C)COC(=O)C12CC3CC(C(=O)O1)C2C3.CC(C)(C)COC(=O)C12CC3CC1C(C3)S(=O)(=O)O2.CC(C)(C)COC(=O)C1CCOC1=O. The van der Waals surface area contributed by atoms with Gasteiger partial charge in [-0.25, -0.2) is 9.59 Å². The summed E-state index contributed by atoms with van der Waals surface area (Å²) in [6.45, 7) is 19.1. The standard InChI is InChI=1S/C14H20O4.C13H20O5S.C10H16O4/c1-13(2,3)7-17-12(16)14-6-8-4-9(10(14)5-8)11(15)18-14;1-12(2,3)7-17-11(14)13-6-8-4-9(13)10(5-8)19(15,16)18-13;1-10(2,3)6-14-9(12)7-4-5-13-8(7)11/h8-10H,4-7H2,1-3H3;8-10H,4-7H2,1-3H3;7H,4-6H2,1-3H3. The topological polar surface area (TPSA) is 175 Å². The van der Waals surface area contributed by atoms with Crippen LogP contribution in [0.4, 0.5) is 0 Å². The molecule has 13 nitrogen and oxygen atoms in total. The average Bonchev–Trinajstić information content (AvgIpc) is 3.84. The third-order valence-electron chi connectivity index (χ3n) is 10.7. The lowest BCUT2D eigenvalue weighted by atomic mass is 9.80. The summed E-state index contributed by atoms with van der Waals surface area (Å²) >= 11 is 0. The van der Waals surface area contributed by atoms with Crippen LogP contribution in [0.5, 0.6) is 0 Å². The Balaban J connectivity index is 0.000000150. The van der Waals surface area contributed by atoms with Crippen LogP contribution in [0.15, 0.2) is 0 Å². The summed E-state index contributed by atoms with van der Waals surface area (Å²) in [5.74, 6) is -2.02. The van der Waals surface area contributed by atoms with E-state index < -0.39 is 50.4 Å². The van der Waals surface area contributed by atoms with E-state index in [1.165, 1.54) is 0 Å². The largest absolute Gasteiger partial charge is 0.465 e. The molecule has 0 aromatic carbocycles. The number of fused-ring (bicyclic) bond motifs is 2. The Hall–Kier alpha value is -2.74. The van der Waals surface area contributed by atoms with Crippen molar-refractivity contribution in [1.82, 2.24) is 0 Å². The van der Waals surface area contributed by atoms with Gasteiger partial charge in [0.1, 0.15) is 0 Å². The van der Waals surface area contributed by atoms with Crippen LogP contribution >= 0.6 is 0 Å². The van der Waals surface area contributed by atoms with Crippen molar-refractivity contribution in [2.24, 2.45) is 51.8 Å². The first-order chi connectivity index (χ1) is 23.4. The first-order valence-electron chi connectivity index (χ1n) is 18.2. The molecule has 14 heteroatoms. The monoisotopic (exact) mass is 740 g/mol. The molecule has 0 spiro atoms. The van der Waals surface area contributed by atoms with Crippen molar-refractivity contribution in [3.05, 3.63) is 0 Å². The van der Waals surface area contributed by atoms with Crippen LogP contribution in [0.2, 0.25) is 0 Å². The highest BCUT2D eigenvalue weighted by Gasteiger charge is 2.72. The van der Waals surface area contributed by atoms with Crippen molar-refractivity contribution < 1.29 is 60.3 Å². The van der Waals surface area contributed by atoms with Gasteiger partial charge in [-0.1, -0.05) is 62.3 Å². The molecule has 0 N–H and O–H groups in total. The Morgan fingerprint density at radius 2 is 1.22 bits per heavy atom. The van der Waals surface area contributed by atoms with Crippen LogP contribution in [0, 0.1) is 51.8 Å². The van der Waals surface area contributed by atoms with E-state index in [2.05, 4.69) is 4.74 Å². The van der Waals surface area contributed by atoms with E-state index in [9.17, 15) is 32.4 Å². The number of cyclic esters (lactones) is 1. The second-order valence-corrected chi connectivity index (χ2v) is 20.9. The summed E-state index contributed by atoms with van der Waals surface area (Å²) in [5, 5.41) is -0.492. The fourth-order valence-electron chi connectivity index (χ4n) is 8.51. The quantitative estimate of drug-likeness (QED) is 0.161. The molecule has 0 amide bonds. The van der Waals surface area contributed by atoms with Crippen molar-refractivity contribution in [2.75, 3.05) is 26.4 Å². The van der Waals surface area contributed by atoms with Gasteiger partial charge in [-0.15, -0.1) is 0 Å². The molecule has 0 aromatic rings. The van der Waals surface area contributed by atoms with E-state index in [4.69, 9.17) is 23.1 Å². The summed E-state index contributed by atoms with van der Waals surface area (Å²) < 4.78 is 55.0. The lowest BCUT2D eigenvalue weighted by Gasteiger charge is -2.29. The zero-order valence-corrected chi connectivity index (χ0v) is 32.4. The summed E-state index contributed by atoms with van der Waals surface area (Å²) in [7, 11) is -3.59. The molecule has 7 rings (SSSR count). The van der Waals surface area contributed by atoms with Crippen LogP contribution in [0.25, 0.3) is 0 Å². The minimum atomic E-state index is -3.59. The molecule has 4 aliphatic carbocycles. The Morgan fingerprint density at radius 1 is 0.706 bits per heavy atom. The Kier molecular flexibility index (Phi) is 10.5. The Labute approximate surface area is 301 Å². The number of rotatable bonds is 6. The summed E-state index contributed by atoms with van der Waals surface area (Å²) in [5.41, 5.74) is -2.42. The van der Waals surface area contributed by atoms with Gasteiger partial charge in [0, 0.05) is 24.7 Å². The maximum absolute atomic E-state index is 12.3. The van der Waals surface area contributed by atoms with Gasteiger partial charge in [0.05, 0.1) is 37.6 Å². The highest BCUT2D eigenvalue weighted by Crippen LogP contribution is 2.62. The molecule has 51 heavy (non-hydrogen) atoms. The van der Waals surface area contributed by atoms with Gasteiger partial charge in [-0.3, -0.25) is 18.6 Å². The number of ether oxygens (including phenoxy) is 5. The molecule has 3 saturated heterocycles. The van der Waals surface area contributed by atoms with Crippen molar-refractivity contribution >= 4 is 40.0 Å². The minimum Gasteiger partial charge on any atom is -0.465 e. The van der Waals surface area contributed by atoms with Crippen LogP contribution in [0.1, 0.15) is 107 Å². The van der Waals surface area contributed by atoms with E-state index in [0.717, 1.165) is 19.3 Å². The molecule has 9 atom stereocenters. The molecule has 0 radical (unpaired) electrons. The number of hydrogen-bond acceptors (Lipinski definition) is 13. The number of carbonyl (C=O) groups excluding carboxylic acids is 5. The van der Waals surface area contributed by atoms with E-state index in [1.54, 1.807) is 0 Å². The predicted molar refractivity (Wildman–Crippen MR) is 181 cm³/mol. The number of hydrogen-bond donors (Lipinski definition) is 0. The van der Waals surface area contributed by atoms with E-state index in [1.807, 2.05) is 62.3 Å². The maximum atomic E-state index is 12.3. The fraction of sp³-hybridized carbons (Fsp3) is 0.865. The molecule has 4 saturated carbocycles. The maximum Gasteiger partial charge on any atom is 0.350 e. The predicted octanol–water partition coefficient (Wildman–Crippen LogP) is 4.53. The van der Waals surface area contributed by atoms with Gasteiger partial charge in [-0.05, 0) is 60.2 Å². The smallest absolute Gasteiger partial charge is 0.350 e. The van der Waals surface area contributed by atoms with Gasteiger partial charge in [0.25, 0.3) is 10.1 Å². The van der Waals surface area contributed by atoms with Gasteiger partial charge < -0.3 is 23.7 Å². The summed E-state index contributed by atoms with van der Waals surface area (Å²) in [4.78, 5) is 58.8. The third kappa shape index (κ3) is 8.26. The highest BCUT2D eigenvalue weighted by atomic mass is 32.2. The third-order valence-corrected chi connectivity index (χ3v) is 12.5. The molecular weight excluding hydrogens is 684 g/mol. The second kappa shape index (κ2) is 13.6. The molecule has 3 aliphatic heterocycles. The van der Waals surface area contributed by atoms with Crippen LogP contribution in [0.3, 0.4) is 0 Å². The minimum absolute atomic E-state index is 0.0501. The average molecular weight is 741 g/mol. The molecule has 288 valence electrons. The highest BCUT2D eigenvalue weighted by molar-refractivity contribution is 7.87. The van der Waals surface area contributed by atoms with Crippen LogP contribution < -0.4 is 0 Å². The molecule has 4 bridgehead atoms. The first-order valence-corrected chi connectivity index (χ1v) is 19.7. The van der Waals surface area contributed by atoms with Gasteiger partial charge in [0.2, 0.25) is 5.60 Å². The summed E-state index contributed by atoms with van der Waals surface area (Å²) in [6.07, 6.45) is 4.87. The van der Waals surface area contributed by atoms with E-state index in [-0.39, 0.29) is 58.5 Å². The Bertz CT molecular complexity index is 1520. The zero-order valence-electron chi connectivity index (χ0n) is 31.5. The molecule has 7 fully saturated rings. The van der Waals surface area contributed by atoms with Gasteiger partial charge >= 0.3 is 29.8 Å². The van der Waals surface area contributed by atoms with Crippen LogP contribution in [-0.2, 0) is 62.0 Å². The van der Waals surface area contributed by atoms with Gasteiger partial charge in [-0.2, -0.15) is 8.42 Å². The summed E-state index contributed by atoms with van der Waals surface area (Å²) in [6, 6.07) is 0. The van der Waals surface area contributed by atoms with Crippen molar-refractivity contribution in [3.8, 4) is 0 Å².